The van der Waals surface area contributed by atoms with Gasteiger partial charge in [0.1, 0.15) is 6.04 Å². The first-order valence-corrected chi connectivity index (χ1v) is 6.44. The number of carbonyl (C=O) groups is 1. The molecule has 0 aliphatic heterocycles. The molecule has 0 heterocycles. The van der Waals surface area contributed by atoms with Crippen LogP contribution in [-0.4, -0.2) is 34.7 Å². The Bertz CT molecular complexity index is 199. The highest BCUT2D eigenvalue weighted by molar-refractivity contribution is 7.99. The number of carboxylic acids is 1. The van der Waals surface area contributed by atoms with Gasteiger partial charge in [0.05, 0.1) is 0 Å². The number of rotatable bonds is 4. The molecule has 4 heteroatoms. The van der Waals surface area contributed by atoms with E-state index >= 15 is 0 Å². The predicted molar refractivity (Wildman–Crippen MR) is 59.8 cm³/mol. The van der Waals surface area contributed by atoms with Crippen molar-refractivity contribution >= 4 is 17.7 Å². The first-order chi connectivity index (χ1) is 6.63. The summed E-state index contributed by atoms with van der Waals surface area (Å²) in [6, 6.07) is -0.0205. The van der Waals surface area contributed by atoms with E-state index in [4.69, 9.17) is 5.11 Å². The van der Waals surface area contributed by atoms with Gasteiger partial charge in [-0.1, -0.05) is 6.42 Å². The third-order valence-corrected chi connectivity index (χ3v) is 3.91. The minimum atomic E-state index is -0.753. The molecule has 2 N–H and O–H groups in total. The lowest BCUT2D eigenvalue weighted by Crippen LogP contribution is -2.44. The lowest BCUT2D eigenvalue weighted by atomic mass is 9.94. The number of thioether (sulfide) groups is 1. The molecule has 82 valence electrons. The third-order valence-electron chi connectivity index (χ3n) is 2.82. The molecular weight excluding hydrogens is 198 g/mol. The highest BCUT2D eigenvalue weighted by Crippen LogP contribution is 2.26. The second-order valence-electron chi connectivity index (χ2n) is 3.95. The molecule has 1 saturated carbocycles. The van der Waals surface area contributed by atoms with Gasteiger partial charge in [-0.05, 0) is 32.4 Å². The summed E-state index contributed by atoms with van der Waals surface area (Å²) in [6.45, 7) is 1.71. The standard InChI is InChI=1S/C10H19NO2S/c1-7(10(12)13)11-8-4-3-5-9(6-8)14-2/h7-9,11H,3-6H2,1-2H3,(H,12,13). The van der Waals surface area contributed by atoms with E-state index in [9.17, 15) is 4.79 Å². The van der Waals surface area contributed by atoms with Crippen LogP contribution in [0.25, 0.3) is 0 Å². The zero-order valence-corrected chi connectivity index (χ0v) is 9.64. The van der Waals surface area contributed by atoms with Crippen LogP contribution in [0.3, 0.4) is 0 Å². The highest BCUT2D eigenvalue weighted by Gasteiger charge is 2.23. The van der Waals surface area contributed by atoms with Crippen LogP contribution in [0.5, 0.6) is 0 Å². The van der Waals surface area contributed by atoms with Crippen LogP contribution in [0.1, 0.15) is 32.6 Å². The Kier molecular flexibility index (Phi) is 4.75. The minimum Gasteiger partial charge on any atom is -0.480 e. The lowest BCUT2D eigenvalue weighted by Gasteiger charge is -2.30. The third kappa shape index (κ3) is 3.50. The van der Waals surface area contributed by atoms with Crippen molar-refractivity contribution in [3.8, 4) is 0 Å². The summed E-state index contributed by atoms with van der Waals surface area (Å²) in [7, 11) is 0. The fourth-order valence-electron chi connectivity index (χ4n) is 1.94. The molecule has 0 aromatic carbocycles. The molecule has 0 aromatic rings. The fraction of sp³-hybridized carbons (Fsp3) is 0.900. The summed E-state index contributed by atoms with van der Waals surface area (Å²) < 4.78 is 0. The normalized spacial score (nSPS) is 29.9. The van der Waals surface area contributed by atoms with Gasteiger partial charge in [0.25, 0.3) is 0 Å². The molecule has 1 aliphatic carbocycles. The number of hydrogen-bond donors (Lipinski definition) is 2. The maximum Gasteiger partial charge on any atom is 0.320 e. The summed E-state index contributed by atoms with van der Waals surface area (Å²) in [6.07, 6.45) is 6.86. The van der Waals surface area contributed by atoms with Crippen molar-refractivity contribution in [1.29, 1.82) is 0 Å². The Hall–Kier alpha value is -0.220. The SMILES string of the molecule is CSC1CCCC(NC(C)C(=O)O)C1. The van der Waals surface area contributed by atoms with Crippen molar-refractivity contribution in [1.82, 2.24) is 5.32 Å². The largest absolute Gasteiger partial charge is 0.480 e. The topological polar surface area (TPSA) is 49.3 Å². The molecule has 0 bridgehead atoms. The number of aliphatic carboxylic acids is 1. The van der Waals surface area contributed by atoms with E-state index in [1.165, 1.54) is 12.8 Å². The maximum atomic E-state index is 10.7. The summed E-state index contributed by atoms with van der Waals surface area (Å²) in [5, 5.41) is 12.6. The van der Waals surface area contributed by atoms with E-state index in [0.29, 0.717) is 11.3 Å². The van der Waals surface area contributed by atoms with Gasteiger partial charge in [0, 0.05) is 11.3 Å². The highest BCUT2D eigenvalue weighted by atomic mass is 32.2. The predicted octanol–water partition coefficient (Wildman–Crippen LogP) is 1.72. The molecule has 1 aliphatic rings. The van der Waals surface area contributed by atoms with Crippen molar-refractivity contribution in [2.45, 2.75) is 49.9 Å². The summed E-state index contributed by atoms with van der Waals surface area (Å²) in [5.41, 5.74) is 0. The van der Waals surface area contributed by atoms with Crippen LogP contribution >= 0.6 is 11.8 Å². The molecule has 0 spiro atoms. The summed E-state index contributed by atoms with van der Waals surface area (Å²) in [5.74, 6) is -0.753. The van der Waals surface area contributed by atoms with Gasteiger partial charge in [-0.3, -0.25) is 4.79 Å². The van der Waals surface area contributed by atoms with Crippen LogP contribution in [0.4, 0.5) is 0 Å². The molecule has 1 rings (SSSR count). The van der Waals surface area contributed by atoms with Crippen LogP contribution in [0.15, 0.2) is 0 Å². The zero-order chi connectivity index (χ0) is 10.6. The fourth-order valence-corrected chi connectivity index (χ4v) is 2.76. The Morgan fingerprint density at radius 2 is 2.29 bits per heavy atom. The molecule has 1 fully saturated rings. The molecule has 0 aromatic heterocycles. The van der Waals surface area contributed by atoms with Crippen molar-refractivity contribution in [3.63, 3.8) is 0 Å². The number of carboxylic acid groups (broad SMARTS) is 1. The Morgan fingerprint density at radius 1 is 1.57 bits per heavy atom. The molecule has 0 amide bonds. The quantitative estimate of drug-likeness (QED) is 0.753. The van der Waals surface area contributed by atoms with Crippen molar-refractivity contribution in [2.24, 2.45) is 0 Å². The van der Waals surface area contributed by atoms with Crippen molar-refractivity contribution in [3.05, 3.63) is 0 Å². The van der Waals surface area contributed by atoms with E-state index in [0.717, 1.165) is 12.8 Å². The van der Waals surface area contributed by atoms with Gasteiger partial charge in [-0.25, -0.2) is 0 Å². The second-order valence-corrected chi connectivity index (χ2v) is 5.09. The second kappa shape index (κ2) is 5.61. The summed E-state index contributed by atoms with van der Waals surface area (Å²) in [4.78, 5) is 10.7. The monoisotopic (exact) mass is 217 g/mol. The van der Waals surface area contributed by atoms with Crippen LogP contribution < -0.4 is 5.32 Å². The zero-order valence-electron chi connectivity index (χ0n) is 8.82. The van der Waals surface area contributed by atoms with E-state index in [2.05, 4.69) is 11.6 Å². The maximum absolute atomic E-state index is 10.7. The molecule has 3 atom stereocenters. The van der Waals surface area contributed by atoms with Gasteiger partial charge < -0.3 is 10.4 Å². The van der Waals surface area contributed by atoms with Gasteiger partial charge in [0.15, 0.2) is 0 Å². The van der Waals surface area contributed by atoms with Gasteiger partial charge in [0.2, 0.25) is 0 Å². The summed E-state index contributed by atoms with van der Waals surface area (Å²) >= 11 is 1.90. The van der Waals surface area contributed by atoms with E-state index in [1.54, 1.807) is 6.92 Å². The van der Waals surface area contributed by atoms with Crippen LogP contribution in [0, 0.1) is 0 Å². The van der Waals surface area contributed by atoms with Gasteiger partial charge in [-0.2, -0.15) is 11.8 Å². The van der Waals surface area contributed by atoms with Crippen LogP contribution in [0.2, 0.25) is 0 Å². The van der Waals surface area contributed by atoms with E-state index < -0.39 is 12.0 Å². The Labute approximate surface area is 89.6 Å². The molecular formula is C10H19NO2S. The molecule has 0 saturated heterocycles. The molecule has 14 heavy (non-hydrogen) atoms. The van der Waals surface area contributed by atoms with E-state index in [-0.39, 0.29) is 0 Å². The first-order valence-electron chi connectivity index (χ1n) is 5.15. The number of hydrogen-bond acceptors (Lipinski definition) is 3. The van der Waals surface area contributed by atoms with E-state index in [1.807, 2.05) is 11.8 Å². The molecule has 0 radical (unpaired) electrons. The Morgan fingerprint density at radius 3 is 2.86 bits per heavy atom. The van der Waals surface area contributed by atoms with Crippen molar-refractivity contribution < 1.29 is 9.90 Å². The average molecular weight is 217 g/mol. The lowest BCUT2D eigenvalue weighted by molar-refractivity contribution is -0.139. The molecule has 3 nitrogen and oxygen atoms in total. The van der Waals surface area contributed by atoms with Gasteiger partial charge >= 0.3 is 5.97 Å². The molecule has 3 unspecified atom stereocenters. The number of nitrogens with one attached hydrogen (secondary N) is 1. The van der Waals surface area contributed by atoms with Crippen molar-refractivity contribution in [2.75, 3.05) is 6.26 Å². The average Bonchev–Trinajstić information content (AvgIpc) is 2.18. The smallest absolute Gasteiger partial charge is 0.320 e. The Balaban J connectivity index is 2.33. The minimum absolute atomic E-state index is 0.396. The van der Waals surface area contributed by atoms with Crippen LogP contribution in [-0.2, 0) is 4.79 Å². The first kappa shape index (κ1) is 11.9. The van der Waals surface area contributed by atoms with Gasteiger partial charge in [-0.15, -0.1) is 0 Å².